The van der Waals surface area contributed by atoms with Crippen molar-refractivity contribution in [2.24, 2.45) is 0 Å². The van der Waals surface area contributed by atoms with E-state index in [-0.39, 0.29) is 27.9 Å². The lowest BCUT2D eigenvalue weighted by Crippen LogP contribution is -2.45. The number of piperazine rings is 1. The number of rotatable bonds is 2. The standard InChI is InChI=1S/C19H17F6N5/c1-3-12-15-13-10-11(18(20,21)22)4-5-14(13)26-17(29-8-6-28(2)7-9-29)30(15)27-16(12)19(23,24)25/h3-5,10H,1,6-9H2,2H3. The van der Waals surface area contributed by atoms with Crippen LogP contribution in [0.15, 0.2) is 24.8 Å². The predicted molar refractivity (Wildman–Crippen MR) is 100 cm³/mol. The Morgan fingerprint density at radius 3 is 2.23 bits per heavy atom. The summed E-state index contributed by atoms with van der Waals surface area (Å²) in [4.78, 5) is 8.23. The summed E-state index contributed by atoms with van der Waals surface area (Å²) >= 11 is 0. The molecule has 3 aromatic rings. The lowest BCUT2D eigenvalue weighted by molar-refractivity contribution is -0.141. The zero-order valence-corrected chi connectivity index (χ0v) is 15.8. The highest BCUT2D eigenvalue weighted by atomic mass is 19.4. The summed E-state index contributed by atoms with van der Waals surface area (Å²) in [5.74, 6) is 0.156. The molecule has 11 heteroatoms. The third kappa shape index (κ3) is 3.36. The van der Waals surface area contributed by atoms with Crippen molar-refractivity contribution in [3.05, 3.63) is 41.6 Å². The van der Waals surface area contributed by atoms with Crippen LogP contribution in [-0.2, 0) is 12.4 Å². The number of likely N-dealkylation sites (N-methyl/N-ethyl adjacent to an activating group) is 1. The molecule has 1 aliphatic heterocycles. The Hall–Kier alpha value is -2.82. The van der Waals surface area contributed by atoms with E-state index in [2.05, 4.69) is 21.6 Å². The van der Waals surface area contributed by atoms with Gasteiger partial charge in [-0.25, -0.2) is 4.98 Å². The number of hydrogen-bond acceptors (Lipinski definition) is 4. The van der Waals surface area contributed by atoms with Gasteiger partial charge in [0.2, 0.25) is 5.95 Å². The van der Waals surface area contributed by atoms with E-state index < -0.39 is 23.6 Å². The van der Waals surface area contributed by atoms with Crippen molar-refractivity contribution in [3.63, 3.8) is 0 Å². The van der Waals surface area contributed by atoms with Crippen LogP contribution in [-0.4, -0.2) is 52.7 Å². The molecule has 0 spiro atoms. The number of fused-ring (bicyclic) bond motifs is 3. The Balaban J connectivity index is 2.07. The van der Waals surface area contributed by atoms with E-state index in [9.17, 15) is 26.3 Å². The van der Waals surface area contributed by atoms with E-state index in [1.54, 1.807) is 4.90 Å². The van der Waals surface area contributed by atoms with Gasteiger partial charge in [0.15, 0.2) is 5.69 Å². The first-order valence-corrected chi connectivity index (χ1v) is 9.07. The molecule has 1 saturated heterocycles. The van der Waals surface area contributed by atoms with Crippen LogP contribution >= 0.6 is 0 Å². The van der Waals surface area contributed by atoms with Gasteiger partial charge in [-0.3, -0.25) is 0 Å². The Morgan fingerprint density at radius 1 is 1.00 bits per heavy atom. The van der Waals surface area contributed by atoms with Crippen molar-refractivity contribution < 1.29 is 26.3 Å². The maximum absolute atomic E-state index is 13.6. The van der Waals surface area contributed by atoms with Crippen molar-refractivity contribution in [2.45, 2.75) is 12.4 Å². The fraction of sp³-hybridized carbons (Fsp3) is 0.368. The Kier molecular flexibility index (Phi) is 4.68. The molecule has 3 heterocycles. The number of anilines is 1. The summed E-state index contributed by atoms with van der Waals surface area (Å²) in [5.41, 5.74) is -2.50. The van der Waals surface area contributed by atoms with Crippen LogP contribution in [0.5, 0.6) is 0 Å². The molecule has 1 aliphatic rings. The van der Waals surface area contributed by atoms with Gasteiger partial charge in [0.05, 0.1) is 16.6 Å². The molecule has 0 atom stereocenters. The first kappa shape index (κ1) is 20.5. The fourth-order valence-electron chi connectivity index (χ4n) is 3.60. The molecule has 0 unspecified atom stereocenters. The number of hydrogen-bond donors (Lipinski definition) is 0. The molecular formula is C19H17F6N5. The van der Waals surface area contributed by atoms with Gasteiger partial charge in [-0.1, -0.05) is 12.7 Å². The molecule has 160 valence electrons. The summed E-state index contributed by atoms with van der Waals surface area (Å²) < 4.78 is 81.6. The topological polar surface area (TPSA) is 36.7 Å². The lowest BCUT2D eigenvalue weighted by Gasteiger charge is -2.33. The van der Waals surface area contributed by atoms with Gasteiger partial charge in [0.1, 0.15) is 0 Å². The quantitative estimate of drug-likeness (QED) is 0.569. The maximum atomic E-state index is 13.6. The molecule has 0 aliphatic carbocycles. The van der Waals surface area contributed by atoms with Gasteiger partial charge in [0.25, 0.3) is 0 Å². The molecular weight excluding hydrogens is 412 g/mol. The zero-order chi connectivity index (χ0) is 21.8. The van der Waals surface area contributed by atoms with Crippen LogP contribution in [0.3, 0.4) is 0 Å². The Bertz CT molecular complexity index is 1120. The van der Waals surface area contributed by atoms with Gasteiger partial charge in [-0.15, -0.1) is 0 Å². The molecule has 2 aromatic heterocycles. The summed E-state index contributed by atoms with van der Waals surface area (Å²) in [7, 11) is 1.92. The van der Waals surface area contributed by atoms with Crippen molar-refractivity contribution >= 4 is 28.4 Å². The minimum absolute atomic E-state index is 0.0689. The second-order valence-corrected chi connectivity index (χ2v) is 7.16. The minimum Gasteiger partial charge on any atom is -0.338 e. The van der Waals surface area contributed by atoms with E-state index in [0.717, 1.165) is 22.7 Å². The average Bonchev–Trinajstić information content (AvgIpc) is 3.07. The monoisotopic (exact) mass is 429 g/mol. The molecule has 0 N–H and O–H groups in total. The summed E-state index contributed by atoms with van der Waals surface area (Å²) in [6.45, 7) is 5.76. The van der Waals surface area contributed by atoms with Crippen LogP contribution in [0.2, 0.25) is 0 Å². The molecule has 4 rings (SSSR count). The molecule has 0 radical (unpaired) electrons. The second-order valence-electron chi connectivity index (χ2n) is 7.16. The molecule has 0 bridgehead atoms. The van der Waals surface area contributed by atoms with E-state index >= 15 is 0 Å². The molecule has 1 aromatic carbocycles. The maximum Gasteiger partial charge on any atom is 0.435 e. The van der Waals surface area contributed by atoms with E-state index in [1.807, 2.05) is 7.05 Å². The highest BCUT2D eigenvalue weighted by Gasteiger charge is 2.39. The highest BCUT2D eigenvalue weighted by molar-refractivity contribution is 5.99. The van der Waals surface area contributed by atoms with Gasteiger partial charge in [-0.2, -0.15) is 36.0 Å². The van der Waals surface area contributed by atoms with E-state index in [4.69, 9.17) is 0 Å². The number of aromatic nitrogens is 3. The zero-order valence-electron chi connectivity index (χ0n) is 15.8. The number of alkyl halides is 6. The van der Waals surface area contributed by atoms with Crippen LogP contribution < -0.4 is 4.90 Å². The molecule has 1 fully saturated rings. The first-order valence-electron chi connectivity index (χ1n) is 9.07. The fourth-order valence-corrected chi connectivity index (χ4v) is 3.60. The first-order chi connectivity index (χ1) is 14.0. The molecule has 0 amide bonds. The Morgan fingerprint density at radius 2 is 1.67 bits per heavy atom. The van der Waals surface area contributed by atoms with Gasteiger partial charge in [-0.05, 0) is 25.2 Å². The van der Waals surface area contributed by atoms with Crippen molar-refractivity contribution in [2.75, 3.05) is 38.1 Å². The van der Waals surface area contributed by atoms with Crippen LogP contribution in [0, 0.1) is 0 Å². The van der Waals surface area contributed by atoms with Crippen molar-refractivity contribution in [1.29, 1.82) is 0 Å². The van der Waals surface area contributed by atoms with Crippen molar-refractivity contribution in [3.8, 4) is 0 Å². The van der Waals surface area contributed by atoms with Gasteiger partial charge in [0, 0.05) is 37.1 Å². The largest absolute Gasteiger partial charge is 0.435 e. The summed E-state index contributed by atoms with van der Waals surface area (Å²) in [5, 5.41) is 3.64. The second kappa shape index (κ2) is 6.86. The summed E-state index contributed by atoms with van der Waals surface area (Å²) in [6.07, 6.45) is -8.48. The molecule has 30 heavy (non-hydrogen) atoms. The molecule has 0 saturated carbocycles. The highest BCUT2D eigenvalue weighted by Crippen LogP contribution is 2.39. The number of halogens is 6. The number of nitrogens with zero attached hydrogens (tertiary/aromatic N) is 5. The van der Waals surface area contributed by atoms with E-state index in [1.165, 1.54) is 6.07 Å². The number of benzene rings is 1. The van der Waals surface area contributed by atoms with Gasteiger partial charge >= 0.3 is 12.4 Å². The summed E-state index contributed by atoms with van der Waals surface area (Å²) in [6, 6.07) is 2.85. The third-order valence-electron chi connectivity index (χ3n) is 5.17. The van der Waals surface area contributed by atoms with E-state index in [0.29, 0.717) is 26.2 Å². The lowest BCUT2D eigenvalue weighted by atomic mass is 10.1. The van der Waals surface area contributed by atoms with Crippen LogP contribution in [0.25, 0.3) is 22.5 Å². The van der Waals surface area contributed by atoms with Crippen LogP contribution in [0.1, 0.15) is 16.8 Å². The van der Waals surface area contributed by atoms with Crippen molar-refractivity contribution in [1.82, 2.24) is 19.5 Å². The minimum atomic E-state index is -4.80. The third-order valence-corrected chi connectivity index (χ3v) is 5.17. The molecule has 5 nitrogen and oxygen atoms in total. The predicted octanol–water partition coefficient (Wildman–Crippen LogP) is 4.31. The normalized spacial score (nSPS) is 16.6. The van der Waals surface area contributed by atoms with Crippen LogP contribution in [0.4, 0.5) is 32.3 Å². The SMILES string of the molecule is C=Cc1c(C(F)(F)F)nn2c(N3CCN(C)CC3)nc3ccc(C(F)(F)F)cc3c12. The average molecular weight is 429 g/mol. The smallest absolute Gasteiger partial charge is 0.338 e. The van der Waals surface area contributed by atoms with Gasteiger partial charge < -0.3 is 9.80 Å². The Labute approximate surface area is 167 Å².